The highest BCUT2D eigenvalue weighted by molar-refractivity contribution is 8.09. The molecular formula is C4H9O3PS. The molecule has 5 heteroatoms. The van der Waals surface area contributed by atoms with Crippen LogP contribution in [0.3, 0.4) is 0 Å². The minimum atomic E-state index is -3.95. The van der Waals surface area contributed by atoms with Gasteiger partial charge in [0.15, 0.2) is 0 Å². The average Bonchev–Trinajstić information content (AvgIpc) is 1.65. The van der Waals surface area contributed by atoms with Crippen molar-refractivity contribution in [3.8, 4) is 0 Å². The third kappa shape index (κ3) is 3.06. The highest BCUT2D eigenvalue weighted by Gasteiger charge is 2.17. The van der Waals surface area contributed by atoms with Crippen LogP contribution in [0.2, 0.25) is 0 Å². The third-order valence-electron chi connectivity index (χ3n) is 0.743. The van der Waals surface area contributed by atoms with Gasteiger partial charge in [0.1, 0.15) is 0 Å². The van der Waals surface area contributed by atoms with Crippen LogP contribution >= 0.6 is 19.4 Å². The predicted molar refractivity (Wildman–Crippen MR) is 39.3 cm³/mol. The zero-order valence-electron chi connectivity index (χ0n) is 5.24. The minimum Gasteiger partial charge on any atom is -0.321 e. The van der Waals surface area contributed by atoms with E-state index in [4.69, 9.17) is 9.79 Å². The normalized spacial score (nSPS) is 14.0. The van der Waals surface area contributed by atoms with Crippen molar-refractivity contribution < 1.29 is 14.4 Å². The maximum atomic E-state index is 10.4. The van der Waals surface area contributed by atoms with Gasteiger partial charge in [0.2, 0.25) is 0 Å². The van der Waals surface area contributed by atoms with E-state index in [9.17, 15) is 4.57 Å². The Kier molecular flexibility index (Phi) is 3.51. The molecule has 0 aromatic rings. The Morgan fingerprint density at radius 3 is 2.11 bits per heavy atom. The maximum Gasteiger partial charge on any atom is 0.362 e. The summed E-state index contributed by atoms with van der Waals surface area (Å²) in [6, 6.07) is 0. The molecule has 0 aliphatic rings. The van der Waals surface area contributed by atoms with Crippen molar-refractivity contribution in [1.82, 2.24) is 0 Å². The van der Waals surface area contributed by atoms with E-state index < -0.39 is 7.60 Å². The molecule has 0 aliphatic heterocycles. The van der Waals surface area contributed by atoms with Gasteiger partial charge in [0.25, 0.3) is 0 Å². The van der Waals surface area contributed by atoms with Crippen molar-refractivity contribution in [2.24, 2.45) is 0 Å². The summed E-state index contributed by atoms with van der Waals surface area (Å²) in [4.78, 5) is 17.0. The maximum absolute atomic E-state index is 10.4. The second-order valence-electron chi connectivity index (χ2n) is 1.38. The van der Waals surface area contributed by atoms with Crippen LogP contribution in [-0.2, 0) is 4.57 Å². The highest BCUT2D eigenvalue weighted by Crippen LogP contribution is 2.49. The second kappa shape index (κ2) is 3.42. The molecule has 0 saturated carbocycles. The fourth-order valence-corrected chi connectivity index (χ4v) is 1.93. The summed E-state index contributed by atoms with van der Waals surface area (Å²) in [5.74, 6) is 0. The lowest BCUT2D eigenvalue weighted by Gasteiger charge is -2.03. The van der Waals surface area contributed by atoms with Crippen LogP contribution in [0.15, 0.2) is 10.7 Å². The largest absolute Gasteiger partial charge is 0.362 e. The van der Waals surface area contributed by atoms with E-state index in [-0.39, 0.29) is 4.65 Å². The zero-order valence-corrected chi connectivity index (χ0v) is 6.95. The fourth-order valence-electron chi connectivity index (χ4n) is 0.405. The number of allylic oxidation sites excluding steroid dienone is 1. The van der Waals surface area contributed by atoms with E-state index in [2.05, 4.69) is 0 Å². The summed E-state index contributed by atoms with van der Waals surface area (Å²) in [5, 5.41) is 0. The summed E-state index contributed by atoms with van der Waals surface area (Å²) in [5.41, 5.74) is 0. The molecule has 0 aliphatic carbocycles. The van der Waals surface area contributed by atoms with Gasteiger partial charge in [-0.05, 0) is 13.2 Å². The molecule has 0 bridgehead atoms. The molecule has 2 N–H and O–H groups in total. The molecule has 9 heavy (non-hydrogen) atoms. The molecule has 0 fully saturated rings. The van der Waals surface area contributed by atoms with Crippen LogP contribution in [-0.4, -0.2) is 16.0 Å². The summed E-state index contributed by atoms with van der Waals surface area (Å²) >= 11 is 1.07. The Bertz CT molecular complexity index is 159. The van der Waals surface area contributed by atoms with Gasteiger partial charge >= 0.3 is 7.60 Å². The number of thioether (sulfide) groups is 1. The Labute approximate surface area is 58.3 Å². The van der Waals surface area contributed by atoms with Crippen molar-refractivity contribution in [1.29, 1.82) is 0 Å². The van der Waals surface area contributed by atoms with Gasteiger partial charge in [0.05, 0.1) is 4.65 Å². The lowest BCUT2D eigenvalue weighted by molar-refractivity contribution is 0.385. The molecule has 0 atom stereocenters. The van der Waals surface area contributed by atoms with E-state index >= 15 is 0 Å². The van der Waals surface area contributed by atoms with Crippen molar-refractivity contribution in [2.75, 3.05) is 6.26 Å². The predicted octanol–water partition coefficient (Wildman–Crippen LogP) is 1.39. The number of hydrogen-bond acceptors (Lipinski definition) is 2. The fraction of sp³-hybridized carbons (Fsp3) is 0.500. The Balaban J connectivity index is 4.34. The van der Waals surface area contributed by atoms with Crippen molar-refractivity contribution in [2.45, 2.75) is 6.92 Å². The first-order valence-corrected chi connectivity index (χ1v) is 5.12. The quantitative estimate of drug-likeness (QED) is 0.611. The molecule has 0 rings (SSSR count). The van der Waals surface area contributed by atoms with Crippen LogP contribution in [0.4, 0.5) is 0 Å². The smallest absolute Gasteiger partial charge is 0.321 e. The van der Waals surface area contributed by atoms with Gasteiger partial charge in [-0.2, -0.15) is 0 Å². The highest BCUT2D eigenvalue weighted by atomic mass is 32.2. The van der Waals surface area contributed by atoms with Gasteiger partial charge in [-0.1, -0.05) is 6.08 Å². The SMILES string of the molecule is C/C=C(\SC)P(=O)(O)O. The van der Waals surface area contributed by atoms with E-state index in [1.54, 1.807) is 13.2 Å². The lowest BCUT2D eigenvalue weighted by Crippen LogP contribution is -1.77. The Hall–Kier alpha value is 0.240. The van der Waals surface area contributed by atoms with Crippen LogP contribution in [0.5, 0.6) is 0 Å². The van der Waals surface area contributed by atoms with Gasteiger partial charge < -0.3 is 9.79 Å². The summed E-state index contributed by atoms with van der Waals surface area (Å²) in [7, 11) is -3.95. The number of rotatable bonds is 2. The van der Waals surface area contributed by atoms with Crippen molar-refractivity contribution in [3.63, 3.8) is 0 Å². The van der Waals surface area contributed by atoms with Crippen LogP contribution in [0.25, 0.3) is 0 Å². The minimum absolute atomic E-state index is 0.127. The molecule has 3 nitrogen and oxygen atoms in total. The Morgan fingerprint density at radius 2 is 2.11 bits per heavy atom. The van der Waals surface area contributed by atoms with E-state index in [1.807, 2.05) is 0 Å². The van der Waals surface area contributed by atoms with Gasteiger partial charge in [0, 0.05) is 0 Å². The standard InChI is InChI=1S/C4H9O3PS/c1-3-4(9-2)8(5,6)7/h3H,1-2H3,(H2,5,6,7)/b4-3-. The first-order valence-electron chi connectivity index (χ1n) is 2.28. The van der Waals surface area contributed by atoms with Crippen molar-refractivity contribution in [3.05, 3.63) is 10.7 Å². The van der Waals surface area contributed by atoms with E-state index in [1.165, 1.54) is 6.08 Å². The number of hydrogen-bond donors (Lipinski definition) is 2. The molecule has 0 aromatic carbocycles. The molecule has 0 saturated heterocycles. The molecular weight excluding hydrogens is 159 g/mol. The summed E-state index contributed by atoms with van der Waals surface area (Å²) in [6.07, 6.45) is 3.06. The van der Waals surface area contributed by atoms with Gasteiger partial charge in [-0.15, -0.1) is 11.8 Å². The van der Waals surface area contributed by atoms with Gasteiger partial charge in [-0.3, -0.25) is 4.57 Å². The molecule has 0 amide bonds. The monoisotopic (exact) mass is 168 g/mol. The van der Waals surface area contributed by atoms with E-state index in [0.717, 1.165) is 11.8 Å². The van der Waals surface area contributed by atoms with Crippen molar-refractivity contribution >= 4 is 19.4 Å². The first-order chi connectivity index (χ1) is 4.02. The average molecular weight is 168 g/mol. The van der Waals surface area contributed by atoms with Gasteiger partial charge in [-0.25, -0.2) is 0 Å². The molecule has 0 unspecified atom stereocenters. The van der Waals surface area contributed by atoms with Crippen LogP contribution in [0, 0.1) is 0 Å². The molecule has 0 heterocycles. The molecule has 54 valence electrons. The topological polar surface area (TPSA) is 57.5 Å². The van der Waals surface area contributed by atoms with Crippen LogP contribution < -0.4 is 0 Å². The second-order valence-corrected chi connectivity index (χ2v) is 4.10. The molecule has 0 radical (unpaired) electrons. The summed E-state index contributed by atoms with van der Waals surface area (Å²) < 4.78 is 10.5. The third-order valence-corrected chi connectivity index (χ3v) is 3.49. The molecule has 0 spiro atoms. The summed E-state index contributed by atoms with van der Waals surface area (Å²) in [6.45, 7) is 1.60. The Morgan fingerprint density at radius 1 is 1.67 bits per heavy atom. The lowest BCUT2D eigenvalue weighted by atomic mass is 10.8. The van der Waals surface area contributed by atoms with E-state index in [0.29, 0.717) is 0 Å². The first kappa shape index (κ1) is 9.24. The zero-order chi connectivity index (χ0) is 7.49. The molecule has 0 aromatic heterocycles. The van der Waals surface area contributed by atoms with Crippen LogP contribution in [0.1, 0.15) is 6.92 Å².